The maximum Gasteiger partial charge on any atom is 0.453 e. The lowest BCUT2D eigenvalue weighted by atomic mass is 9.76. The molecular formula is C32H41F5O5S. The topological polar surface area (TPSA) is 87.0 Å². The van der Waals surface area contributed by atoms with Gasteiger partial charge in [0.1, 0.15) is 23.9 Å². The average molecular weight is 633 g/mol. The summed E-state index contributed by atoms with van der Waals surface area (Å²) in [6.07, 6.45) is 1.68. The van der Waals surface area contributed by atoms with E-state index >= 15 is 0 Å². The summed E-state index contributed by atoms with van der Waals surface area (Å²) in [6.45, 7) is 0.433. The molecular weight excluding hydrogens is 591 g/mol. The van der Waals surface area contributed by atoms with Gasteiger partial charge in [0.2, 0.25) is 0 Å². The third-order valence-corrected chi connectivity index (χ3v) is 9.82. The van der Waals surface area contributed by atoms with E-state index in [1.165, 1.54) is 0 Å². The van der Waals surface area contributed by atoms with Crippen molar-refractivity contribution in [2.24, 2.45) is 5.92 Å². The number of aromatic hydroxyl groups is 2. The van der Waals surface area contributed by atoms with Gasteiger partial charge in [0.25, 0.3) is 0 Å². The van der Waals surface area contributed by atoms with Gasteiger partial charge in [-0.2, -0.15) is 22.0 Å². The molecule has 3 atom stereocenters. The van der Waals surface area contributed by atoms with Gasteiger partial charge in [-0.05, 0) is 61.3 Å². The minimum Gasteiger partial charge on any atom is -0.508 e. The van der Waals surface area contributed by atoms with E-state index in [0.29, 0.717) is 18.8 Å². The van der Waals surface area contributed by atoms with Crippen LogP contribution >= 0.6 is 11.8 Å². The van der Waals surface area contributed by atoms with Crippen LogP contribution in [0.5, 0.6) is 17.2 Å². The molecule has 0 radical (unpaired) electrons. The molecule has 0 bridgehead atoms. The van der Waals surface area contributed by atoms with Crippen molar-refractivity contribution in [3.8, 4) is 17.2 Å². The Kier molecular flexibility index (Phi) is 12.4. The lowest BCUT2D eigenvalue weighted by Crippen LogP contribution is -2.40. The van der Waals surface area contributed by atoms with Gasteiger partial charge in [0.15, 0.2) is 0 Å². The molecule has 5 nitrogen and oxygen atoms in total. The van der Waals surface area contributed by atoms with E-state index in [4.69, 9.17) is 4.74 Å². The number of fused-ring (bicyclic) bond motifs is 1. The number of ether oxygens (including phenoxy) is 1. The molecule has 1 heterocycles. The van der Waals surface area contributed by atoms with Crippen LogP contribution in [0.4, 0.5) is 22.0 Å². The Morgan fingerprint density at radius 1 is 0.907 bits per heavy atom. The van der Waals surface area contributed by atoms with E-state index in [2.05, 4.69) is 6.26 Å². The summed E-state index contributed by atoms with van der Waals surface area (Å²) in [5.74, 6) is -5.72. The zero-order chi connectivity index (χ0) is 31.7. The maximum atomic E-state index is 13.1. The number of carboxylic acids is 1. The standard InChI is InChI=1S/C32H41F5O5S/c1-43-30(23-13-15-24(38)16-14-23)21-42-28-20-25(39)17-18-26(28)27(30)12-8-6-4-2-3-5-7-10-22(29(40)41)11-9-19-31(33,34)32(35,36)37/h13-18,20,22,27,38-39H,2-12,19,21H2,1H3,(H,40,41). The Morgan fingerprint density at radius 3 is 2.09 bits per heavy atom. The van der Waals surface area contributed by atoms with Crippen molar-refractivity contribution in [3.05, 3.63) is 53.6 Å². The summed E-state index contributed by atoms with van der Waals surface area (Å²) in [4.78, 5) is 11.4. The van der Waals surface area contributed by atoms with E-state index < -0.39 is 36.8 Å². The quantitative estimate of drug-likeness (QED) is 0.119. The van der Waals surface area contributed by atoms with Crippen molar-refractivity contribution in [3.63, 3.8) is 0 Å². The van der Waals surface area contributed by atoms with E-state index in [1.807, 2.05) is 18.2 Å². The minimum atomic E-state index is -5.62. The van der Waals surface area contributed by atoms with Crippen molar-refractivity contribution < 1.29 is 46.8 Å². The van der Waals surface area contributed by atoms with Gasteiger partial charge in [0.05, 0.1) is 10.7 Å². The van der Waals surface area contributed by atoms with Gasteiger partial charge >= 0.3 is 18.1 Å². The predicted octanol–water partition coefficient (Wildman–Crippen LogP) is 9.41. The van der Waals surface area contributed by atoms with Gasteiger partial charge in [-0.15, -0.1) is 11.8 Å². The minimum absolute atomic E-state index is 0.125. The van der Waals surface area contributed by atoms with Crippen LogP contribution in [-0.4, -0.2) is 46.3 Å². The summed E-state index contributed by atoms with van der Waals surface area (Å²) in [5, 5.41) is 29.2. The number of phenols is 2. The number of rotatable bonds is 17. The number of carbonyl (C=O) groups is 1. The van der Waals surface area contributed by atoms with Gasteiger partial charge in [-0.1, -0.05) is 63.1 Å². The zero-order valence-corrected chi connectivity index (χ0v) is 25.2. The highest BCUT2D eigenvalue weighted by Crippen LogP contribution is 2.55. The summed E-state index contributed by atoms with van der Waals surface area (Å²) < 4.78 is 68.9. The number of alkyl halides is 5. The van der Waals surface area contributed by atoms with E-state index in [-0.39, 0.29) is 35.0 Å². The molecule has 0 aromatic heterocycles. The van der Waals surface area contributed by atoms with Gasteiger partial charge in [-0.25, -0.2) is 0 Å². The summed E-state index contributed by atoms with van der Waals surface area (Å²) >= 11 is 1.72. The smallest absolute Gasteiger partial charge is 0.453 e. The molecule has 43 heavy (non-hydrogen) atoms. The van der Waals surface area contributed by atoms with E-state index in [0.717, 1.165) is 56.1 Å². The molecule has 0 spiro atoms. The van der Waals surface area contributed by atoms with Gasteiger partial charge in [0, 0.05) is 18.4 Å². The molecule has 240 valence electrons. The molecule has 11 heteroatoms. The first-order chi connectivity index (χ1) is 20.3. The SMILES string of the molecule is CSC1(c2ccc(O)cc2)COc2cc(O)ccc2C1CCCCCCCCCC(CCCC(F)(F)C(F)(F)F)C(=O)O. The molecule has 0 saturated heterocycles. The van der Waals surface area contributed by atoms with Gasteiger partial charge in [-0.3, -0.25) is 4.79 Å². The first-order valence-corrected chi connectivity index (χ1v) is 16.0. The molecule has 3 rings (SSSR count). The van der Waals surface area contributed by atoms with Crippen LogP contribution < -0.4 is 4.74 Å². The van der Waals surface area contributed by atoms with Crippen molar-refractivity contribution >= 4 is 17.7 Å². The van der Waals surface area contributed by atoms with Crippen LogP contribution in [0.25, 0.3) is 0 Å². The molecule has 0 amide bonds. The van der Waals surface area contributed by atoms with E-state index in [9.17, 15) is 42.1 Å². The molecule has 3 N–H and O–H groups in total. The fraction of sp³-hybridized carbons (Fsp3) is 0.594. The third kappa shape index (κ3) is 9.16. The number of phenolic OH excluding ortho intramolecular Hbond substituents is 2. The van der Waals surface area contributed by atoms with Crippen molar-refractivity contribution in [1.82, 2.24) is 0 Å². The van der Waals surface area contributed by atoms with E-state index in [1.54, 1.807) is 36.0 Å². The van der Waals surface area contributed by atoms with Crippen LogP contribution in [0, 0.1) is 5.92 Å². The van der Waals surface area contributed by atoms with Crippen LogP contribution in [-0.2, 0) is 9.54 Å². The largest absolute Gasteiger partial charge is 0.508 e. The molecule has 0 aliphatic carbocycles. The first kappa shape index (κ1) is 34.8. The molecule has 1 aliphatic heterocycles. The first-order valence-electron chi connectivity index (χ1n) is 14.8. The Balaban J connectivity index is 1.44. The van der Waals surface area contributed by atoms with Crippen LogP contribution in [0.3, 0.4) is 0 Å². The number of hydrogen-bond donors (Lipinski definition) is 3. The number of halogens is 5. The molecule has 2 aromatic rings. The van der Waals surface area contributed by atoms with Crippen LogP contribution in [0.1, 0.15) is 94.1 Å². The summed E-state index contributed by atoms with van der Waals surface area (Å²) in [6, 6.07) is 12.5. The van der Waals surface area contributed by atoms with Crippen LogP contribution in [0.15, 0.2) is 42.5 Å². The number of hydrogen-bond acceptors (Lipinski definition) is 5. The summed E-state index contributed by atoms with van der Waals surface area (Å²) in [7, 11) is 0. The normalized spacial score (nSPS) is 19.4. The Labute approximate surface area is 253 Å². The lowest BCUT2D eigenvalue weighted by Gasteiger charge is -2.44. The predicted molar refractivity (Wildman–Crippen MR) is 157 cm³/mol. The second-order valence-corrected chi connectivity index (χ2v) is 12.5. The lowest BCUT2D eigenvalue weighted by molar-refractivity contribution is -0.284. The van der Waals surface area contributed by atoms with Crippen LogP contribution in [0.2, 0.25) is 0 Å². The average Bonchev–Trinajstić information content (AvgIpc) is 2.94. The highest BCUT2D eigenvalue weighted by Gasteiger charge is 2.56. The number of carboxylic acid groups (broad SMARTS) is 1. The Bertz CT molecular complexity index is 1170. The number of benzene rings is 2. The Morgan fingerprint density at radius 2 is 1.49 bits per heavy atom. The second-order valence-electron chi connectivity index (χ2n) is 11.4. The molecule has 2 aromatic carbocycles. The fourth-order valence-electron chi connectivity index (χ4n) is 5.94. The summed E-state index contributed by atoms with van der Waals surface area (Å²) in [5.41, 5.74) is 2.11. The molecule has 1 aliphatic rings. The van der Waals surface area contributed by atoms with Crippen molar-refractivity contribution in [1.29, 1.82) is 0 Å². The fourth-order valence-corrected chi connectivity index (χ4v) is 7.01. The Hall–Kier alpha value is -2.69. The highest BCUT2D eigenvalue weighted by atomic mass is 32.2. The third-order valence-electron chi connectivity index (χ3n) is 8.45. The highest BCUT2D eigenvalue weighted by molar-refractivity contribution is 7.99. The monoisotopic (exact) mass is 632 g/mol. The molecule has 0 saturated carbocycles. The van der Waals surface area contributed by atoms with Crippen molar-refractivity contribution in [2.75, 3.05) is 12.9 Å². The number of thioether (sulfide) groups is 1. The van der Waals surface area contributed by atoms with Gasteiger partial charge < -0.3 is 20.1 Å². The zero-order valence-electron chi connectivity index (χ0n) is 24.3. The molecule has 3 unspecified atom stereocenters. The number of aliphatic carboxylic acids is 1. The second kappa shape index (κ2) is 15.3. The van der Waals surface area contributed by atoms with Crippen molar-refractivity contribution in [2.45, 2.75) is 99.8 Å². The molecule has 0 fully saturated rings. The number of unbranched alkanes of at least 4 members (excludes halogenated alkanes) is 6. The maximum absolute atomic E-state index is 13.1.